The van der Waals surface area contributed by atoms with Gasteiger partial charge in [0.15, 0.2) is 6.10 Å². The summed E-state index contributed by atoms with van der Waals surface area (Å²) < 4.78 is 37.3. The van der Waals surface area contributed by atoms with E-state index in [0.29, 0.717) is 36.7 Å². The van der Waals surface area contributed by atoms with E-state index >= 15 is 0 Å². The van der Waals surface area contributed by atoms with Gasteiger partial charge in [0.2, 0.25) is 10.0 Å². The summed E-state index contributed by atoms with van der Waals surface area (Å²) in [6.45, 7) is 6.25. The van der Waals surface area contributed by atoms with Crippen LogP contribution < -0.4 is 14.8 Å². The van der Waals surface area contributed by atoms with Gasteiger partial charge in [0.1, 0.15) is 11.5 Å². The fraction of sp³-hybridized carbons (Fsp3) is 0.381. The third kappa shape index (κ3) is 5.71. The molecule has 2 aromatic carbocycles. The lowest BCUT2D eigenvalue weighted by Crippen LogP contribution is -2.32. The zero-order valence-electron chi connectivity index (χ0n) is 17.2. The maximum absolute atomic E-state index is 12.6. The summed E-state index contributed by atoms with van der Waals surface area (Å²) in [6, 6.07) is 13.1. The summed E-state index contributed by atoms with van der Waals surface area (Å²) in [5, 5.41) is 2.77. The second-order valence-electron chi connectivity index (χ2n) is 6.29. The lowest BCUT2D eigenvalue weighted by Gasteiger charge is -2.19. The van der Waals surface area contributed by atoms with Crippen LogP contribution in [0, 0.1) is 0 Å². The molecular formula is C21H28N2O5S. The van der Waals surface area contributed by atoms with Gasteiger partial charge in [0, 0.05) is 18.8 Å². The number of hydrogen-bond acceptors (Lipinski definition) is 5. The van der Waals surface area contributed by atoms with Crippen molar-refractivity contribution in [3.05, 3.63) is 48.5 Å². The van der Waals surface area contributed by atoms with Crippen molar-refractivity contribution in [2.45, 2.75) is 38.2 Å². The molecule has 1 N–H and O–H groups in total. The van der Waals surface area contributed by atoms with E-state index in [1.54, 1.807) is 57.4 Å². The van der Waals surface area contributed by atoms with Gasteiger partial charge in [-0.05, 0) is 55.0 Å². The molecule has 1 amide bonds. The van der Waals surface area contributed by atoms with Crippen LogP contribution in [0.5, 0.6) is 11.5 Å². The minimum Gasteiger partial charge on any atom is -0.497 e. The van der Waals surface area contributed by atoms with Gasteiger partial charge in [-0.2, -0.15) is 4.31 Å². The molecule has 0 aliphatic carbocycles. The van der Waals surface area contributed by atoms with Crippen LogP contribution in [0.2, 0.25) is 0 Å². The average Bonchev–Trinajstić information content (AvgIpc) is 2.73. The van der Waals surface area contributed by atoms with Gasteiger partial charge in [0.25, 0.3) is 5.91 Å². The van der Waals surface area contributed by atoms with Crippen molar-refractivity contribution in [3.8, 4) is 11.5 Å². The number of carbonyl (C=O) groups is 1. The molecular weight excluding hydrogens is 392 g/mol. The molecule has 0 aliphatic rings. The lowest BCUT2D eigenvalue weighted by atomic mass is 10.2. The molecule has 0 fully saturated rings. The monoisotopic (exact) mass is 420 g/mol. The van der Waals surface area contributed by atoms with Crippen molar-refractivity contribution in [1.82, 2.24) is 4.31 Å². The van der Waals surface area contributed by atoms with E-state index in [-0.39, 0.29) is 10.8 Å². The Morgan fingerprint density at radius 2 is 1.52 bits per heavy atom. The smallest absolute Gasteiger partial charge is 0.265 e. The summed E-state index contributed by atoms with van der Waals surface area (Å²) in [5.41, 5.74) is 0.505. The number of sulfonamides is 1. The zero-order valence-corrected chi connectivity index (χ0v) is 18.0. The SMILES string of the molecule is CC[C@H](Oc1ccc(OC)cc1)C(=O)Nc1ccc(S(=O)(=O)N(CC)CC)cc1. The predicted molar refractivity (Wildman–Crippen MR) is 113 cm³/mol. The van der Waals surface area contributed by atoms with Gasteiger partial charge in [-0.15, -0.1) is 0 Å². The first kappa shape index (κ1) is 22.7. The Bertz CT molecular complexity index is 892. The fourth-order valence-corrected chi connectivity index (χ4v) is 4.24. The minimum absolute atomic E-state index is 0.195. The Kier molecular flexibility index (Phi) is 8.04. The highest BCUT2D eigenvalue weighted by molar-refractivity contribution is 7.89. The molecule has 0 heterocycles. The molecule has 2 rings (SSSR count). The van der Waals surface area contributed by atoms with Crippen LogP contribution >= 0.6 is 0 Å². The van der Waals surface area contributed by atoms with E-state index < -0.39 is 16.1 Å². The molecule has 8 heteroatoms. The number of rotatable bonds is 10. The Hall–Kier alpha value is -2.58. The quantitative estimate of drug-likeness (QED) is 0.636. The predicted octanol–water partition coefficient (Wildman–Crippen LogP) is 3.52. The third-order valence-electron chi connectivity index (χ3n) is 4.47. The van der Waals surface area contributed by atoms with Crippen molar-refractivity contribution in [2.24, 2.45) is 0 Å². The van der Waals surface area contributed by atoms with E-state index in [2.05, 4.69) is 5.32 Å². The van der Waals surface area contributed by atoms with Gasteiger partial charge in [-0.3, -0.25) is 4.79 Å². The first-order chi connectivity index (χ1) is 13.8. The summed E-state index contributed by atoms with van der Waals surface area (Å²) in [6.07, 6.45) is -0.200. The first-order valence-corrected chi connectivity index (χ1v) is 11.0. The van der Waals surface area contributed by atoms with Crippen LogP contribution in [0.3, 0.4) is 0 Å². The molecule has 7 nitrogen and oxygen atoms in total. The van der Waals surface area contributed by atoms with Gasteiger partial charge in [0.05, 0.1) is 12.0 Å². The number of ether oxygens (including phenoxy) is 2. The zero-order chi connectivity index (χ0) is 21.4. The maximum atomic E-state index is 12.6. The number of nitrogens with zero attached hydrogens (tertiary/aromatic N) is 1. The van der Waals surface area contributed by atoms with E-state index in [1.807, 2.05) is 6.92 Å². The standard InChI is InChI=1S/C21H28N2O5S/c1-5-20(28-18-12-10-17(27-4)11-13-18)21(24)22-16-8-14-19(15-9-16)29(25,26)23(6-2)7-3/h8-15,20H,5-7H2,1-4H3,(H,22,24)/t20-/m0/s1. The number of carbonyl (C=O) groups excluding carboxylic acids is 1. The topological polar surface area (TPSA) is 84.9 Å². The summed E-state index contributed by atoms with van der Waals surface area (Å²) in [5.74, 6) is 0.964. The van der Waals surface area contributed by atoms with Crippen molar-refractivity contribution in [1.29, 1.82) is 0 Å². The van der Waals surface area contributed by atoms with Gasteiger partial charge in [-0.1, -0.05) is 20.8 Å². The lowest BCUT2D eigenvalue weighted by molar-refractivity contribution is -0.122. The van der Waals surface area contributed by atoms with Crippen molar-refractivity contribution < 1.29 is 22.7 Å². The number of methoxy groups -OCH3 is 1. The van der Waals surface area contributed by atoms with Crippen LogP contribution in [0.25, 0.3) is 0 Å². The largest absolute Gasteiger partial charge is 0.497 e. The summed E-state index contributed by atoms with van der Waals surface area (Å²) >= 11 is 0. The summed E-state index contributed by atoms with van der Waals surface area (Å²) in [4.78, 5) is 12.8. The first-order valence-electron chi connectivity index (χ1n) is 9.57. The molecule has 0 bridgehead atoms. The van der Waals surface area contributed by atoms with Crippen molar-refractivity contribution in [2.75, 3.05) is 25.5 Å². The molecule has 2 aromatic rings. The van der Waals surface area contributed by atoms with E-state index in [9.17, 15) is 13.2 Å². The molecule has 0 spiro atoms. The van der Waals surface area contributed by atoms with Crippen LogP contribution in [-0.4, -0.2) is 44.9 Å². The molecule has 0 radical (unpaired) electrons. The van der Waals surface area contributed by atoms with Crippen LogP contribution in [-0.2, 0) is 14.8 Å². The van der Waals surface area contributed by atoms with Crippen LogP contribution in [0.4, 0.5) is 5.69 Å². The molecule has 0 unspecified atom stereocenters. The van der Waals surface area contributed by atoms with Gasteiger partial charge in [-0.25, -0.2) is 8.42 Å². The normalized spacial score (nSPS) is 12.4. The van der Waals surface area contributed by atoms with E-state index in [4.69, 9.17) is 9.47 Å². The highest BCUT2D eigenvalue weighted by atomic mass is 32.2. The molecule has 0 saturated carbocycles. The molecule has 1 atom stereocenters. The summed E-state index contributed by atoms with van der Waals surface area (Å²) in [7, 11) is -1.95. The molecule has 0 aliphatic heterocycles. The number of anilines is 1. The van der Waals surface area contributed by atoms with Crippen LogP contribution in [0.1, 0.15) is 27.2 Å². The Morgan fingerprint density at radius 3 is 2.00 bits per heavy atom. The second-order valence-corrected chi connectivity index (χ2v) is 8.23. The van der Waals surface area contributed by atoms with Crippen molar-refractivity contribution >= 4 is 21.6 Å². The molecule has 0 aromatic heterocycles. The second kappa shape index (κ2) is 10.3. The molecule has 0 saturated heterocycles. The Balaban J connectivity index is 2.06. The minimum atomic E-state index is -3.53. The van der Waals surface area contributed by atoms with E-state index in [1.165, 1.54) is 16.4 Å². The van der Waals surface area contributed by atoms with Crippen LogP contribution in [0.15, 0.2) is 53.4 Å². The highest BCUT2D eigenvalue weighted by Gasteiger charge is 2.22. The Labute approximate surface area is 172 Å². The molecule has 158 valence electrons. The fourth-order valence-electron chi connectivity index (χ4n) is 2.79. The van der Waals surface area contributed by atoms with Gasteiger partial charge >= 0.3 is 0 Å². The Morgan fingerprint density at radius 1 is 0.966 bits per heavy atom. The number of benzene rings is 2. The highest BCUT2D eigenvalue weighted by Crippen LogP contribution is 2.21. The van der Waals surface area contributed by atoms with Gasteiger partial charge < -0.3 is 14.8 Å². The number of nitrogens with one attached hydrogen (secondary N) is 1. The van der Waals surface area contributed by atoms with E-state index in [0.717, 1.165) is 0 Å². The molecule has 29 heavy (non-hydrogen) atoms. The number of hydrogen-bond donors (Lipinski definition) is 1. The number of amides is 1. The van der Waals surface area contributed by atoms with Crippen molar-refractivity contribution in [3.63, 3.8) is 0 Å². The maximum Gasteiger partial charge on any atom is 0.265 e. The third-order valence-corrected chi connectivity index (χ3v) is 6.53. The average molecular weight is 421 g/mol.